The van der Waals surface area contributed by atoms with Crippen LogP contribution in [0.3, 0.4) is 0 Å². The van der Waals surface area contributed by atoms with Crippen LogP contribution in [0.25, 0.3) is 6.08 Å². The summed E-state index contributed by atoms with van der Waals surface area (Å²) in [7, 11) is 0. The molecule has 0 spiro atoms. The second kappa shape index (κ2) is 8.26. The number of benzene rings is 2. The summed E-state index contributed by atoms with van der Waals surface area (Å²) < 4.78 is 5.78. The van der Waals surface area contributed by atoms with Gasteiger partial charge < -0.3 is 4.74 Å². The maximum absolute atomic E-state index is 13.1. The summed E-state index contributed by atoms with van der Waals surface area (Å²) >= 11 is 5.25. The van der Waals surface area contributed by atoms with E-state index in [1.807, 2.05) is 37.3 Å². The quantitative estimate of drug-likeness (QED) is 0.396. The van der Waals surface area contributed by atoms with Gasteiger partial charge in [0, 0.05) is 12.4 Å². The number of hydrogen-bond donors (Lipinski definition) is 1. The van der Waals surface area contributed by atoms with Crippen LogP contribution in [0.15, 0.2) is 78.6 Å². The van der Waals surface area contributed by atoms with E-state index in [1.165, 1.54) is 4.90 Å². The molecule has 1 aromatic heterocycles. The zero-order chi connectivity index (χ0) is 21.1. The molecule has 6 nitrogen and oxygen atoms in total. The van der Waals surface area contributed by atoms with Crippen molar-refractivity contribution in [2.24, 2.45) is 0 Å². The molecule has 1 fully saturated rings. The van der Waals surface area contributed by atoms with Crippen molar-refractivity contribution in [3.8, 4) is 11.5 Å². The molecule has 0 aliphatic carbocycles. The lowest BCUT2D eigenvalue weighted by molar-refractivity contribution is -0.122. The zero-order valence-corrected chi connectivity index (χ0v) is 16.8. The zero-order valence-electron chi connectivity index (χ0n) is 16.0. The van der Waals surface area contributed by atoms with Crippen molar-refractivity contribution < 1.29 is 14.3 Å². The van der Waals surface area contributed by atoms with Gasteiger partial charge >= 0.3 is 0 Å². The Bertz CT molecular complexity index is 1160. The Kier molecular flexibility index (Phi) is 5.36. The highest BCUT2D eigenvalue weighted by atomic mass is 32.1. The number of thiocarbonyl (C=S) groups is 1. The van der Waals surface area contributed by atoms with E-state index >= 15 is 0 Å². The van der Waals surface area contributed by atoms with Crippen LogP contribution in [0, 0.1) is 6.92 Å². The first kappa shape index (κ1) is 19.5. The van der Waals surface area contributed by atoms with E-state index in [2.05, 4.69) is 10.3 Å². The number of carbonyl (C=O) groups is 2. The van der Waals surface area contributed by atoms with E-state index in [4.69, 9.17) is 17.0 Å². The molecule has 1 aliphatic heterocycles. The maximum atomic E-state index is 13.1. The van der Waals surface area contributed by atoms with Crippen LogP contribution in [0.1, 0.15) is 11.1 Å². The highest BCUT2D eigenvalue weighted by Crippen LogP contribution is 2.27. The van der Waals surface area contributed by atoms with Crippen molar-refractivity contribution >= 4 is 40.9 Å². The number of rotatable bonds is 4. The van der Waals surface area contributed by atoms with Crippen LogP contribution in [-0.2, 0) is 9.59 Å². The lowest BCUT2D eigenvalue weighted by Gasteiger charge is -2.29. The van der Waals surface area contributed by atoms with Crippen molar-refractivity contribution in [2.75, 3.05) is 4.90 Å². The fourth-order valence-electron chi connectivity index (χ4n) is 2.98. The number of hydrogen-bond acceptors (Lipinski definition) is 5. The highest BCUT2D eigenvalue weighted by molar-refractivity contribution is 7.80. The molecule has 2 amide bonds. The molecule has 4 rings (SSSR count). The Balaban J connectivity index is 1.61. The van der Waals surface area contributed by atoms with Crippen LogP contribution in [0.4, 0.5) is 5.69 Å². The number of pyridine rings is 1. The molecular formula is C23H17N3O3S. The number of ether oxygens (including phenoxy) is 1. The summed E-state index contributed by atoms with van der Waals surface area (Å²) in [5.74, 6) is 0.311. The molecule has 7 heteroatoms. The van der Waals surface area contributed by atoms with E-state index in [1.54, 1.807) is 48.8 Å². The summed E-state index contributed by atoms with van der Waals surface area (Å²) in [6.45, 7) is 1.86. The predicted octanol–water partition coefficient (Wildman–Crippen LogP) is 4.01. The Hall–Kier alpha value is -3.84. The fourth-order valence-corrected chi connectivity index (χ4v) is 3.26. The summed E-state index contributed by atoms with van der Waals surface area (Å²) in [6, 6.07) is 18.0. The minimum Gasteiger partial charge on any atom is -0.457 e. The lowest BCUT2D eigenvalue weighted by atomic mass is 10.0. The van der Waals surface area contributed by atoms with Gasteiger partial charge in [0.2, 0.25) is 0 Å². The average molecular weight is 415 g/mol. The van der Waals surface area contributed by atoms with Crippen molar-refractivity contribution in [1.82, 2.24) is 10.3 Å². The minimum atomic E-state index is -0.526. The second-order valence-electron chi connectivity index (χ2n) is 6.60. The smallest absolute Gasteiger partial charge is 0.270 e. The normalized spacial score (nSPS) is 15.3. The first-order valence-corrected chi connectivity index (χ1v) is 9.59. The molecule has 0 unspecified atom stereocenters. The number of nitrogens with zero attached hydrogens (tertiary/aromatic N) is 2. The summed E-state index contributed by atoms with van der Waals surface area (Å²) in [4.78, 5) is 30.8. The molecule has 1 N–H and O–H groups in total. The average Bonchev–Trinajstić information content (AvgIpc) is 2.74. The Morgan fingerprint density at radius 2 is 1.70 bits per heavy atom. The highest BCUT2D eigenvalue weighted by Gasteiger charge is 2.34. The van der Waals surface area contributed by atoms with Crippen molar-refractivity contribution in [3.63, 3.8) is 0 Å². The van der Waals surface area contributed by atoms with E-state index in [-0.39, 0.29) is 10.7 Å². The largest absolute Gasteiger partial charge is 0.457 e. The SMILES string of the molecule is Cc1cnccc1C=C1C(=O)NC(=S)N(c2ccc(Oc3ccccc3)cc2)C1=O. The molecule has 2 heterocycles. The molecule has 1 saturated heterocycles. The third-order valence-electron chi connectivity index (χ3n) is 4.54. The predicted molar refractivity (Wildman–Crippen MR) is 118 cm³/mol. The number of aryl methyl sites for hydroxylation is 1. The van der Waals surface area contributed by atoms with E-state index < -0.39 is 11.8 Å². The second-order valence-corrected chi connectivity index (χ2v) is 6.99. The molecule has 2 aromatic carbocycles. The minimum absolute atomic E-state index is 0.00233. The molecule has 0 saturated carbocycles. The molecule has 1 aliphatic rings. The molecule has 3 aromatic rings. The van der Waals surface area contributed by atoms with Crippen LogP contribution < -0.4 is 15.0 Å². The number of amides is 2. The summed E-state index contributed by atoms with van der Waals surface area (Å²) in [5.41, 5.74) is 2.13. The third-order valence-corrected chi connectivity index (χ3v) is 4.82. The van der Waals surface area contributed by atoms with Crippen LogP contribution in [0.2, 0.25) is 0 Å². The van der Waals surface area contributed by atoms with Crippen molar-refractivity contribution in [2.45, 2.75) is 6.92 Å². The van der Waals surface area contributed by atoms with E-state index in [0.717, 1.165) is 11.1 Å². The molecule has 0 radical (unpaired) electrons. The number of para-hydroxylation sites is 1. The van der Waals surface area contributed by atoms with Gasteiger partial charge in [0.05, 0.1) is 5.69 Å². The van der Waals surface area contributed by atoms with Gasteiger partial charge in [-0.05, 0) is 78.8 Å². The monoisotopic (exact) mass is 415 g/mol. The van der Waals surface area contributed by atoms with E-state index in [0.29, 0.717) is 17.2 Å². The molecule has 0 atom stereocenters. The Labute approximate surface area is 178 Å². The third kappa shape index (κ3) is 3.97. The van der Waals surface area contributed by atoms with Crippen LogP contribution >= 0.6 is 12.2 Å². The Morgan fingerprint density at radius 1 is 1.00 bits per heavy atom. The van der Waals surface area contributed by atoms with Crippen molar-refractivity contribution in [3.05, 3.63) is 89.8 Å². The number of nitrogens with one attached hydrogen (secondary N) is 1. The molecule has 0 bridgehead atoms. The first-order chi connectivity index (χ1) is 14.5. The van der Waals surface area contributed by atoms with Gasteiger partial charge in [0.1, 0.15) is 17.1 Å². The number of carbonyl (C=O) groups excluding carboxylic acids is 2. The van der Waals surface area contributed by atoms with Gasteiger partial charge in [-0.1, -0.05) is 18.2 Å². The van der Waals surface area contributed by atoms with Gasteiger partial charge in [0.15, 0.2) is 5.11 Å². The van der Waals surface area contributed by atoms with Gasteiger partial charge in [-0.25, -0.2) is 0 Å². The molecular weight excluding hydrogens is 398 g/mol. The van der Waals surface area contributed by atoms with Crippen LogP contribution in [-0.4, -0.2) is 21.9 Å². The molecule has 30 heavy (non-hydrogen) atoms. The Morgan fingerprint density at radius 3 is 2.40 bits per heavy atom. The van der Waals surface area contributed by atoms with Gasteiger partial charge in [-0.3, -0.25) is 24.8 Å². The first-order valence-electron chi connectivity index (χ1n) is 9.18. The number of aromatic nitrogens is 1. The lowest BCUT2D eigenvalue weighted by Crippen LogP contribution is -2.54. The van der Waals surface area contributed by atoms with Gasteiger partial charge in [-0.15, -0.1) is 0 Å². The van der Waals surface area contributed by atoms with Gasteiger partial charge in [0.25, 0.3) is 11.8 Å². The molecule has 148 valence electrons. The number of anilines is 1. The standard InChI is InChI=1S/C23H17N3O3S/c1-15-14-24-12-11-16(15)13-20-21(27)25-23(30)26(22(20)28)17-7-9-19(10-8-17)29-18-5-3-2-4-6-18/h2-14H,1H3,(H,25,27,30). The fraction of sp³-hybridized carbons (Fsp3) is 0.0435. The van der Waals surface area contributed by atoms with Gasteiger partial charge in [-0.2, -0.15) is 0 Å². The summed E-state index contributed by atoms with van der Waals surface area (Å²) in [5, 5.41) is 2.62. The van der Waals surface area contributed by atoms with Crippen LogP contribution in [0.5, 0.6) is 11.5 Å². The topological polar surface area (TPSA) is 71.5 Å². The van der Waals surface area contributed by atoms with Crippen molar-refractivity contribution in [1.29, 1.82) is 0 Å². The van der Waals surface area contributed by atoms with E-state index in [9.17, 15) is 9.59 Å². The maximum Gasteiger partial charge on any atom is 0.270 e. The summed E-state index contributed by atoms with van der Waals surface area (Å²) in [6.07, 6.45) is 4.83.